The van der Waals surface area contributed by atoms with E-state index in [1.807, 2.05) is 13.1 Å². The third-order valence-corrected chi connectivity index (χ3v) is 6.54. The van der Waals surface area contributed by atoms with Crippen molar-refractivity contribution in [3.8, 4) is 5.75 Å². The number of aromatic hydroxyl groups is 1. The minimum atomic E-state index is -0.0963. The smallest absolute Gasteiger partial charge is 0.122 e. The highest BCUT2D eigenvalue weighted by molar-refractivity contribution is 7.77. The number of hydrogen-bond donors (Lipinski definition) is 2. The number of thiocarbonyl (C=S) groups is 1. The molecular weight excluding hydrogens is 438 g/mol. The van der Waals surface area contributed by atoms with Gasteiger partial charge in [-0.2, -0.15) is 0 Å². The van der Waals surface area contributed by atoms with Crippen molar-refractivity contribution in [1.82, 2.24) is 10.2 Å². The molecule has 1 aliphatic heterocycles. The molecule has 0 amide bonds. The second kappa shape index (κ2) is 14.4. The van der Waals surface area contributed by atoms with Crippen LogP contribution in [0, 0.1) is 6.92 Å². The zero-order valence-electron chi connectivity index (χ0n) is 21.9. The fourth-order valence-corrected chi connectivity index (χ4v) is 4.49. The van der Waals surface area contributed by atoms with E-state index in [2.05, 4.69) is 91.4 Å². The summed E-state index contributed by atoms with van der Waals surface area (Å²) in [6, 6.07) is 12.9. The van der Waals surface area contributed by atoms with E-state index in [4.69, 9.17) is 0 Å². The Morgan fingerprint density at radius 1 is 0.971 bits per heavy atom. The van der Waals surface area contributed by atoms with Crippen LogP contribution < -0.4 is 10.2 Å². The first-order valence-corrected chi connectivity index (χ1v) is 13.3. The van der Waals surface area contributed by atoms with E-state index in [1.54, 1.807) is 0 Å². The lowest BCUT2D eigenvalue weighted by molar-refractivity contribution is 0.221. The minimum absolute atomic E-state index is 0.0963. The second-order valence-corrected chi connectivity index (χ2v) is 9.79. The van der Waals surface area contributed by atoms with Gasteiger partial charge in [0.25, 0.3) is 0 Å². The van der Waals surface area contributed by atoms with Gasteiger partial charge < -0.3 is 10.0 Å². The predicted molar refractivity (Wildman–Crippen MR) is 151 cm³/mol. The van der Waals surface area contributed by atoms with Gasteiger partial charge in [-0.15, -0.1) is 0 Å². The van der Waals surface area contributed by atoms with Gasteiger partial charge in [0.1, 0.15) is 11.9 Å². The minimum Gasteiger partial charge on any atom is -0.508 e. The number of aryl methyl sites for hydroxylation is 1. The molecule has 1 saturated heterocycles. The molecule has 34 heavy (non-hydrogen) atoms. The van der Waals surface area contributed by atoms with Gasteiger partial charge in [-0.25, -0.2) is 0 Å². The van der Waals surface area contributed by atoms with Crippen LogP contribution in [0.5, 0.6) is 5.75 Å². The predicted octanol–water partition coefficient (Wildman–Crippen LogP) is 6.95. The highest BCUT2D eigenvalue weighted by Gasteiger charge is 2.21. The maximum atomic E-state index is 10.6. The quantitative estimate of drug-likeness (QED) is 0.329. The summed E-state index contributed by atoms with van der Waals surface area (Å²) in [4.78, 5) is 4.75. The largest absolute Gasteiger partial charge is 0.508 e. The first-order valence-electron chi connectivity index (χ1n) is 12.7. The third-order valence-electron chi connectivity index (χ3n) is 6.54. The molecule has 5 heteroatoms. The maximum absolute atomic E-state index is 10.6. The monoisotopic (exact) mass is 483 g/mol. The van der Waals surface area contributed by atoms with Crippen LogP contribution in [0.15, 0.2) is 36.4 Å². The van der Waals surface area contributed by atoms with Crippen LogP contribution in [0.4, 0.5) is 5.69 Å². The van der Waals surface area contributed by atoms with E-state index in [9.17, 15) is 5.11 Å². The molecule has 2 N–H and O–H groups in total. The van der Waals surface area contributed by atoms with Crippen molar-refractivity contribution in [3.63, 3.8) is 0 Å². The van der Waals surface area contributed by atoms with Crippen LogP contribution in [0.2, 0.25) is 0 Å². The van der Waals surface area contributed by atoms with Crippen LogP contribution in [-0.4, -0.2) is 43.1 Å². The Hall–Kier alpha value is -1.95. The average molecular weight is 484 g/mol. The standard InChI is InChI=1S/C25H37N3O.C3H6.CH2S/c1-18(2)22-16-23(24(29)15-19(22)3)25(26-4)27(5)21-11-9-20(10-12-21)17-28-13-7-6-8-14-28;1-2-3-1;1-2/h9-12,15-16,18,25-26,29H,6-8,13-14,17H2,1-5H3;1-3H2;1H2. The Morgan fingerprint density at radius 3 is 2.03 bits per heavy atom. The molecule has 2 aliphatic rings. The van der Waals surface area contributed by atoms with Crippen molar-refractivity contribution >= 4 is 23.8 Å². The number of anilines is 1. The molecule has 0 radical (unpaired) electrons. The molecule has 1 heterocycles. The fourth-order valence-electron chi connectivity index (χ4n) is 4.49. The number of nitrogens with zero attached hydrogens (tertiary/aromatic N) is 2. The van der Waals surface area contributed by atoms with Gasteiger partial charge in [-0.1, -0.05) is 63.9 Å². The van der Waals surface area contributed by atoms with E-state index in [-0.39, 0.29) is 6.17 Å². The number of piperidine rings is 1. The maximum Gasteiger partial charge on any atom is 0.122 e. The van der Waals surface area contributed by atoms with Crippen molar-refractivity contribution in [2.45, 2.75) is 77.9 Å². The van der Waals surface area contributed by atoms with Crippen LogP contribution in [0.25, 0.3) is 0 Å². The first kappa shape index (κ1) is 28.3. The second-order valence-electron chi connectivity index (χ2n) is 9.79. The summed E-state index contributed by atoms with van der Waals surface area (Å²) in [5.41, 5.74) is 5.84. The van der Waals surface area contributed by atoms with Crippen LogP contribution in [-0.2, 0) is 6.54 Å². The number of phenolic OH excluding ortho intramolecular Hbond substituents is 1. The molecule has 2 aromatic carbocycles. The van der Waals surface area contributed by atoms with E-state index in [0.717, 1.165) is 23.4 Å². The molecule has 0 aromatic heterocycles. The molecule has 4 nitrogen and oxygen atoms in total. The van der Waals surface area contributed by atoms with Gasteiger partial charge in [0.2, 0.25) is 0 Å². The molecule has 0 bridgehead atoms. The van der Waals surface area contributed by atoms with Gasteiger partial charge in [0.05, 0.1) is 0 Å². The summed E-state index contributed by atoms with van der Waals surface area (Å²) in [7, 11) is 4.02. The van der Waals surface area contributed by atoms with E-state index in [0.29, 0.717) is 11.7 Å². The van der Waals surface area contributed by atoms with Crippen molar-refractivity contribution < 1.29 is 5.11 Å². The Labute approximate surface area is 213 Å². The molecule has 1 saturated carbocycles. The Kier molecular flexibility index (Phi) is 12.0. The Balaban J connectivity index is 0.000000738. The number of rotatable bonds is 7. The van der Waals surface area contributed by atoms with Crippen molar-refractivity contribution in [2.75, 3.05) is 32.1 Å². The van der Waals surface area contributed by atoms with Crippen LogP contribution >= 0.6 is 12.2 Å². The number of hydrogen-bond acceptors (Lipinski definition) is 5. The summed E-state index contributed by atoms with van der Waals surface area (Å²) in [5, 5.41) is 14.0. The molecule has 1 unspecified atom stereocenters. The van der Waals surface area contributed by atoms with Crippen molar-refractivity contribution in [2.24, 2.45) is 0 Å². The molecule has 0 spiro atoms. The summed E-state index contributed by atoms with van der Waals surface area (Å²) < 4.78 is 0. The summed E-state index contributed by atoms with van der Waals surface area (Å²) >= 11 is 3.83. The van der Waals surface area contributed by atoms with Gasteiger partial charge in [0.15, 0.2) is 0 Å². The molecule has 188 valence electrons. The summed E-state index contributed by atoms with van der Waals surface area (Å²) in [5.74, 6) is 3.60. The normalized spacial score (nSPS) is 16.1. The zero-order chi connectivity index (χ0) is 25.1. The number of likely N-dealkylation sites (tertiary alicyclic amines) is 1. The number of phenols is 1. The average Bonchev–Trinajstić information content (AvgIpc) is 3.73. The topological polar surface area (TPSA) is 38.7 Å². The van der Waals surface area contributed by atoms with E-state index < -0.39 is 0 Å². The van der Waals surface area contributed by atoms with E-state index in [1.165, 1.54) is 62.7 Å². The zero-order valence-corrected chi connectivity index (χ0v) is 22.8. The molecule has 2 aromatic rings. The van der Waals surface area contributed by atoms with Gasteiger partial charge in [-0.05, 0) is 92.6 Å². The third kappa shape index (κ3) is 8.37. The first-order chi connectivity index (χ1) is 16.4. The van der Waals surface area contributed by atoms with Crippen LogP contribution in [0.3, 0.4) is 0 Å². The summed E-state index contributed by atoms with van der Waals surface area (Å²) in [6.07, 6.45) is 8.42. The highest BCUT2D eigenvalue weighted by atomic mass is 32.1. The number of benzene rings is 2. The van der Waals surface area contributed by atoms with Gasteiger partial charge in [0, 0.05) is 24.8 Å². The van der Waals surface area contributed by atoms with Gasteiger partial charge >= 0.3 is 0 Å². The Bertz CT molecular complexity index is 858. The SMILES string of the molecule is C1CC1.C=S.CNC(c1cc(C(C)C)c(C)cc1O)N(C)c1ccc(CN2CCCCC2)cc1. The highest BCUT2D eigenvalue weighted by Crippen LogP contribution is 2.34. The van der Waals surface area contributed by atoms with Gasteiger partial charge in [-0.3, -0.25) is 10.2 Å². The lowest BCUT2D eigenvalue weighted by Crippen LogP contribution is -2.34. The number of nitrogens with one attached hydrogen (secondary N) is 1. The summed E-state index contributed by atoms with van der Waals surface area (Å²) in [6.45, 7) is 9.93. The molecule has 2 fully saturated rings. The molecule has 1 aliphatic carbocycles. The van der Waals surface area contributed by atoms with Crippen molar-refractivity contribution in [1.29, 1.82) is 0 Å². The fraction of sp³-hybridized carbons (Fsp3) is 0.552. The van der Waals surface area contributed by atoms with E-state index >= 15 is 0 Å². The van der Waals surface area contributed by atoms with Crippen LogP contribution in [0.1, 0.15) is 86.7 Å². The molecular formula is C29H45N3OS. The molecule has 1 atom stereocenters. The lowest BCUT2D eigenvalue weighted by atomic mass is 9.94. The Morgan fingerprint density at radius 2 is 1.53 bits per heavy atom. The molecule has 4 rings (SSSR count). The van der Waals surface area contributed by atoms with Crippen molar-refractivity contribution in [3.05, 3.63) is 58.7 Å². The lowest BCUT2D eigenvalue weighted by Gasteiger charge is -2.32.